The number of aromatic nitrogens is 2. The number of rotatable bonds is 1. The molecule has 2 atom stereocenters. The fraction of sp³-hybridized carbons (Fsp3) is 0.688. The van der Waals surface area contributed by atoms with Crippen molar-refractivity contribution in [3.05, 3.63) is 12.0 Å². The third-order valence-electron chi connectivity index (χ3n) is 5.80. The van der Waals surface area contributed by atoms with Crippen molar-refractivity contribution in [1.29, 1.82) is 0 Å². The van der Waals surface area contributed by atoms with Crippen LogP contribution < -0.4 is 4.90 Å². The largest absolute Gasteiger partial charge is 0.322 e. The molecule has 116 valence electrons. The summed E-state index contributed by atoms with van der Waals surface area (Å²) in [5, 5.41) is 0. The molecule has 2 fully saturated rings. The molecule has 1 aromatic heterocycles. The molecule has 5 rings (SSSR count). The Morgan fingerprint density at radius 3 is 2.77 bits per heavy atom. The van der Waals surface area contributed by atoms with E-state index in [0.29, 0.717) is 18.1 Å². The van der Waals surface area contributed by atoms with Crippen molar-refractivity contribution in [2.75, 3.05) is 11.9 Å². The number of carbonyl (C=O) groups is 1. The molecule has 0 saturated heterocycles. The van der Waals surface area contributed by atoms with Gasteiger partial charge in [-0.25, -0.2) is 9.98 Å². The highest BCUT2D eigenvalue weighted by Gasteiger charge is 2.48. The van der Waals surface area contributed by atoms with Gasteiger partial charge in [0.15, 0.2) is 11.5 Å². The molecule has 0 radical (unpaired) electrons. The van der Waals surface area contributed by atoms with Crippen LogP contribution in [0.15, 0.2) is 11.3 Å². The number of nitrogens with zero attached hydrogens (tertiary/aromatic N) is 5. The lowest BCUT2D eigenvalue weighted by atomic mass is 10.1. The van der Waals surface area contributed by atoms with Gasteiger partial charge in [0.2, 0.25) is 5.96 Å². The quantitative estimate of drug-likeness (QED) is 0.798. The molecule has 4 aliphatic rings. The van der Waals surface area contributed by atoms with Gasteiger partial charge in [-0.15, -0.1) is 0 Å². The number of amides is 1. The van der Waals surface area contributed by atoms with E-state index in [9.17, 15) is 4.79 Å². The zero-order valence-electron chi connectivity index (χ0n) is 12.9. The second kappa shape index (κ2) is 4.33. The first-order valence-electron chi connectivity index (χ1n) is 8.47. The minimum Gasteiger partial charge on any atom is -0.322 e. The zero-order valence-corrected chi connectivity index (χ0v) is 12.9. The van der Waals surface area contributed by atoms with Crippen LogP contribution in [0.5, 0.6) is 0 Å². The lowest BCUT2D eigenvalue weighted by Gasteiger charge is -2.34. The Morgan fingerprint density at radius 2 is 1.95 bits per heavy atom. The molecule has 0 unspecified atom stereocenters. The van der Waals surface area contributed by atoms with Gasteiger partial charge >= 0.3 is 0 Å². The maximum Gasteiger partial charge on any atom is 0.280 e. The summed E-state index contributed by atoms with van der Waals surface area (Å²) in [6.07, 6.45) is 10.2. The molecule has 3 heterocycles. The molecule has 0 N–H and O–H groups in total. The molecule has 6 heteroatoms. The van der Waals surface area contributed by atoms with Crippen molar-refractivity contribution in [3.8, 4) is 0 Å². The van der Waals surface area contributed by atoms with Gasteiger partial charge in [-0.2, -0.15) is 0 Å². The van der Waals surface area contributed by atoms with Crippen LogP contribution in [-0.2, 0) is 0 Å². The maximum atomic E-state index is 12.9. The average Bonchev–Trinajstić information content (AvgIpc) is 3.23. The van der Waals surface area contributed by atoms with Crippen LogP contribution in [0.1, 0.15) is 61.5 Å². The van der Waals surface area contributed by atoms with E-state index in [2.05, 4.69) is 14.5 Å². The molecule has 1 amide bonds. The molecule has 0 aromatic carbocycles. The molecule has 6 nitrogen and oxygen atoms in total. The van der Waals surface area contributed by atoms with E-state index in [0.717, 1.165) is 43.2 Å². The Hall–Kier alpha value is -1.85. The van der Waals surface area contributed by atoms with Crippen molar-refractivity contribution in [2.24, 2.45) is 4.99 Å². The molecular formula is C16H21N5O. The fourth-order valence-electron chi connectivity index (χ4n) is 4.67. The van der Waals surface area contributed by atoms with E-state index in [1.807, 2.05) is 13.4 Å². The SMILES string of the molecule is CN1C(=O)c2c(ncn2C2CCCC2)N2C1=N[C@H]1CCC[C@H]12. The molecule has 0 spiro atoms. The zero-order chi connectivity index (χ0) is 14.8. The van der Waals surface area contributed by atoms with Crippen molar-refractivity contribution in [3.63, 3.8) is 0 Å². The number of guanidine groups is 1. The highest BCUT2D eigenvalue weighted by molar-refractivity contribution is 6.18. The predicted octanol–water partition coefficient (Wildman–Crippen LogP) is 2.18. The van der Waals surface area contributed by atoms with Gasteiger partial charge in [-0.3, -0.25) is 14.6 Å². The standard InChI is InChI=1S/C16H21N5O/c1-19-15(22)13-14(17-9-20(13)10-5-2-3-6-10)21-12-8-4-7-11(12)18-16(19)21/h9-12H,2-8H2,1H3/t11-,12+/m0/s1. The van der Waals surface area contributed by atoms with E-state index in [-0.39, 0.29) is 5.91 Å². The number of anilines is 1. The van der Waals surface area contributed by atoms with Gasteiger partial charge in [0.05, 0.1) is 18.4 Å². The summed E-state index contributed by atoms with van der Waals surface area (Å²) in [6, 6.07) is 1.18. The smallest absolute Gasteiger partial charge is 0.280 e. The highest BCUT2D eigenvalue weighted by atomic mass is 16.2. The normalized spacial score (nSPS) is 30.6. The fourth-order valence-corrected chi connectivity index (χ4v) is 4.67. The number of hydrogen-bond acceptors (Lipinski definition) is 4. The number of imidazole rings is 1. The van der Waals surface area contributed by atoms with Crippen molar-refractivity contribution >= 4 is 17.7 Å². The second-order valence-electron chi connectivity index (χ2n) is 6.99. The summed E-state index contributed by atoms with van der Waals surface area (Å²) in [6.45, 7) is 0. The highest BCUT2D eigenvalue weighted by Crippen LogP contribution is 2.41. The lowest BCUT2D eigenvalue weighted by Crippen LogP contribution is -2.51. The number of fused-ring (bicyclic) bond motifs is 5. The van der Waals surface area contributed by atoms with Crippen molar-refractivity contribution in [2.45, 2.75) is 63.1 Å². The van der Waals surface area contributed by atoms with Crippen LogP contribution in [-0.4, -0.2) is 45.4 Å². The number of carbonyl (C=O) groups excluding carboxylic acids is 1. The van der Waals surface area contributed by atoms with Crippen LogP contribution in [0.4, 0.5) is 5.82 Å². The van der Waals surface area contributed by atoms with Crippen LogP contribution >= 0.6 is 0 Å². The van der Waals surface area contributed by atoms with Gasteiger partial charge < -0.3 is 4.57 Å². The van der Waals surface area contributed by atoms with Crippen LogP contribution in [0, 0.1) is 0 Å². The first-order chi connectivity index (χ1) is 10.8. The van der Waals surface area contributed by atoms with Gasteiger partial charge in [-0.05, 0) is 32.1 Å². The van der Waals surface area contributed by atoms with E-state index in [1.165, 1.54) is 19.3 Å². The topological polar surface area (TPSA) is 53.7 Å². The van der Waals surface area contributed by atoms with E-state index in [4.69, 9.17) is 4.99 Å². The Kier molecular flexibility index (Phi) is 2.50. The Labute approximate surface area is 129 Å². The third-order valence-corrected chi connectivity index (χ3v) is 5.80. The first kappa shape index (κ1) is 12.7. The van der Waals surface area contributed by atoms with Crippen LogP contribution in [0.25, 0.3) is 0 Å². The molecular weight excluding hydrogens is 278 g/mol. The van der Waals surface area contributed by atoms with E-state index >= 15 is 0 Å². The molecule has 2 aliphatic carbocycles. The Balaban J connectivity index is 1.64. The minimum atomic E-state index is 0.0503. The third kappa shape index (κ3) is 1.48. The summed E-state index contributed by atoms with van der Waals surface area (Å²) >= 11 is 0. The van der Waals surface area contributed by atoms with Gasteiger partial charge in [0.25, 0.3) is 5.91 Å². The average molecular weight is 299 g/mol. The van der Waals surface area contributed by atoms with Crippen molar-refractivity contribution in [1.82, 2.24) is 14.5 Å². The summed E-state index contributed by atoms with van der Waals surface area (Å²) in [7, 11) is 1.85. The summed E-state index contributed by atoms with van der Waals surface area (Å²) in [5.74, 6) is 1.71. The Bertz CT molecular complexity index is 672. The van der Waals surface area contributed by atoms with E-state index < -0.39 is 0 Å². The number of hydrogen-bond donors (Lipinski definition) is 0. The molecule has 1 aromatic rings. The van der Waals surface area contributed by atoms with Crippen molar-refractivity contribution < 1.29 is 4.79 Å². The first-order valence-corrected chi connectivity index (χ1v) is 8.47. The summed E-state index contributed by atoms with van der Waals surface area (Å²) in [4.78, 5) is 26.3. The monoisotopic (exact) mass is 299 g/mol. The molecule has 2 saturated carbocycles. The maximum absolute atomic E-state index is 12.9. The molecule has 2 aliphatic heterocycles. The molecule has 0 bridgehead atoms. The van der Waals surface area contributed by atoms with Crippen LogP contribution in [0.2, 0.25) is 0 Å². The lowest BCUT2D eigenvalue weighted by molar-refractivity contribution is 0.0852. The van der Waals surface area contributed by atoms with Gasteiger partial charge in [-0.1, -0.05) is 12.8 Å². The predicted molar refractivity (Wildman–Crippen MR) is 83.2 cm³/mol. The van der Waals surface area contributed by atoms with Gasteiger partial charge in [0, 0.05) is 13.1 Å². The summed E-state index contributed by atoms with van der Waals surface area (Å²) in [5.41, 5.74) is 0.779. The molecule has 22 heavy (non-hydrogen) atoms. The van der Waals surface area contributed by atoms with Crippen LogP contribution in [0.3, 0.4) is 0 Å². The van der Waals surface area contributed by atoms with Gasteiger partial charge in [0.1, 0.15) is 0 Å². The van der Waals surface area contributed by atoms with E-state index in [1.54, 1.807) is 4.90 Å². The Morgan fingerprint density at radius 1 is 1.14 bits per heavy atom. The second-order valence-corrected chi connectivity index (χ2v) is 6.99. The minimum absolute atomic E-state index is 0.0503. The number of aliphatic imine (C=N–C) groups is 1. The summed E-state index contributed by atoms with van der Waals surface area (Å²) < 4.78 is 2.14.